The summed E-state index contributed by atoms with van der Waals surface area (Å²) in [6.45, 7) is 2.15. The van der Waals surface area contributed by atoms with Crippen LogP contribution in [0.5, 0.6) is 5.75 Å². The number of methoxy groups -OCH3 is 1. The number of carbonyl (C=O) groups excluding carboxylic acids is 1. The number of rotatable bonds is 6. The van der Waals surface area contributed by atoms with Gasteiger partial charge >= 0.3 is 5.97 Å². The summed E-state index contributed by atoms with van der Waals surface area (Å²) in [4.78, 5) is 23.7. The number of benzene rings is 1. The maximum atomic E-state index is 12.3. The Morgan fingerprint density at radius 3 is 2.64 bits per heavy atom. The van der Waals surface area contributed by atoms with Crippen molar-refractivity contribution < 1.29 is 14.3 Å². The Kier molecular flexibility index (Phi) is 6.19. The van der Waals surface area contributed by atoms with Gasteiger partial charge in [0.1, 0.15) is 16.5 Å². The number of nitrogens with two attached hydrogens (primary N) is 1. The first-order valence-corrected chi connectivity index (χ1v) is 7.88. The third kappa shape index (κ3) is 4.60. The van der Waals surface area contributed by atoms with E-state index in [-0.39, 0.29) is 29.6 Å². The molecule has 0 aliphatic rings. The number of halogens is 1. The molecule has 0 unspecified atom stereocenters. The number of nitrogens with zero attached hydrogens (tertiary/aromatic N) is 2. The molecule has 25 heavy (non-hydrogen) atoms. The van der Waals surface area contributed by atoms with Crippen LogP contribution in [0, 0.1) is 0 Å². The van der Waals surface area contributed by atoms with Gasteiger partial charge in [-0.1, -0.05) is 23.7 Å². The number of aromatic nitrogens is 2. The molecule has 0 bridgehead atoms. The smallest absolute Gasteiger partial charge is 0.330 e. The highest BCUT2D eigenvalue weighted by Gasteiger charge is 2.12. The van der Waals surface area contributed by atoms with Crippen LogP contribution in [-0.4, -0.2) is 29.5 Å². The first-order valence-electron chi connectivity index (χ1n) is 7.50. The molecule has 0 aliphatic heterocycles. The van der Waals surface area contributed by atoms with Crippen LogP contribution < -0.4 is 16.0 Å². The van der Waals surface area contributed by atoms with E-state index >= 15 is 0 Å². The fourth-order valence-corrected chi connectivity index (χ4v) is 2.24. The Hall–Kier alpha value is -2.80. The molecule has 8 heteroatoms. The average molecular weight is 364 g/mol. The van der Waals surface area contributed by atoms with E-state index in [0.29, 0.717) is 5.75 Å². The van der Waals surface area contributed by atoms with E-state index in [9.17, 15) is 9.59 Å². The Bertz CT molecular complexity index is 844. The lowest BCUT2D eigenvalue weighted by Crippen LogP contribution is -2.26. The van der Waals surface area contributed by atoms with E-state index < -0.39 is 11.5 Å². The molecule has 1 aromatic heterocycles. The molecule has 1 aromatic carbocycles. The van der Waals surface area contributed by atoms with Gasteiger partial charge < -0.3 is 15.2 Å². The topological polar surface area (TPSA) is 96.4 Å². The zero-order valence-corrected chi connectivity index (χ0v) is 14.6. The van der Waals surface area contributed by atoms with Gasteiger partial charge in [0.25, 0.3) is 5.56 Å². The normalized spacial score (nSPS) is 10.8. The second-order valence-electron chi connectivity index (χ2n) is 5.01. The fourth-order valence-electron chi connectivity index (χ4n) is 2.04. The molecule has 0 amide bonds. The first-order chi connectivity index (χ1) is 12.0. The highest BCUT2D eigenvalue weighted by molar-refractivity contribution is 6.33. The summed E-state index contributed by atoms with van der Waals surface area (Å²) in [6.07, 6.45) is 2.55. The van der Waals surface area contributed by atoms with Crippen LogP contribution in [-0.2, 0) is 16.1 Å². The third-order valence-electron chi connectivity index (χ3n) is 3.32. The van der Waals surface area contributed by atoms with Gasteiger partial charge in [-0.15, -0.1) is 0 Å². The van der Waals surface area contributed by atoms with Crippen molar-refractivity contribution in [3.63, 3.8) is 0 Å². The molecule has 0 radical (unpaired) electrons. The van der Waals surface area contributed by atoms with E-state index in [1.807, 2.05) is 12.1 Å². The van der Waals surface area contributed by atoms with Crippen molar-refractivity contribution in [2.45, 2.75) is 13.5 Å². The molecule has 0 saturated heterocycles. The minimum atomic E-state index is -0.535. The summed E-state index contributed by atoms with van der Waals surface area (Å²) < 4.78 is 11.1. The quantitative estimate of drug-likeness (QED) is 0.623. The minimum absolute atomic E-state index is 0.0122. The van der Waals surface area contributed by atoms with Crippen molar-refractivity contribution in [3.8, 4) is 5.75 Å². The van der Waals surface area contributed by atoms with Crippen molar-refractivity contribution in [3.05, 3.63) is 57.0 Å². The van der Waals surface area contributed by atoms with E-state index in [1.54, 1.807) is 26.2 Å². The Labute approximate surface area is 149 Å². The SMILES string of the molecule is CCOC(=O)/C=C/c1nn(Cc2ccc(OC)cc2)c(=O)c(Cl)c1N. The number of esters is 1. The highest BCUT2D eigenvalue weighted by atomic mass is 35.5. The van der Waals surface area contributed by atoms with E-state index in [2.05, 4.69) is 5.10 Å². The molecular formula is C17H18ClN3O4. The molecule has 0 aliphatic carbocycles. The number of carbonyl (C=O) groups is 1. The first kappa shape index (κ1) is 18.5. The van der Waals surface area contributed by atoms with Gasteiger partial charge in [-0.2, -0.15) is 5.10 Å². The van der Waals surface area contributed by atoms with Crippen LogP contribution in [0.15, 0.2) is 35.1 Å². The van der Waals surface area contributed by atoms with E-state index in [4.69, 9.17) is 26.8 Å². The maximum Gasteiger partial charge on any atom is 0.330 e. The van der Waals surface area contributed by atoms with Gasteiger partial charge in [0.05, 0.1) is 25.9 Å². The van der Waals surface area contributed by atoms with Crippen molar-refractivity contribution >= 4 is 29.3 Å². The standard InChI is InChI=1S/C17H18ClN3O4/c1-3-25-14(22)9-8-13-16(19)15(18)17(23)21(20-13)10-11-4-6-12(24-2)7-5-11/h4-9H,3,10,19H2,1-2H3/b9-8+. The largest absolute Gasteiger partial charge is 0.497 e. The van der Waals surface area contributed by atoms with Crippen LogP contribution in [0.25, 0.3) is 6.08 Å². The zero-order chi connectivity index (χ0) is 18.4. The number of anilines is 1. The molecule has 2 N–H and O–H groups in total. The van der Waals surface area contributed by atoms with Gasteiger partial charge in [0, 0.05) is 6.08 Å². The number of ether oxygens (including phenoxy) is 2. The molecule has 2 rings (SSSR count). The van der Waals surface area contributed by atoms with Crippen LogP contribution in [0.1, 0.15) is 18.2 Å². The van der Waals surface area contributed by atoms with E-state index in [1.165, 1.54) is 16.8 Å². The second-order valence-corrected chi connectivity index (χ2v) is 5.39. The molecule has 0 spiro atoms. The zero-order valence-electron chi connectivity index (χ0n) is 13.9. The number of hydrogen-bond acceptors (Lipinski definition) is 6. The summed E-state index contributed by atoms with van der Waals surface area (Å²) in [5, 5.41) is 4.03. The Morgan fingerprint density at radius 1 is 1.36 bits per heavy atom. The molecule has 2 aromatic rings. The van der Waals surface area contributed by atoms with Gasteiger partial charge in [-0.3, -0.25) is 4.79 Å². The van der Waals surface area contributed by atoms with Crippen LogP contribution in [0.3, 0.4) is 0 Å². The third-order valence-corrected chi connectivity index (χ3v) is 3.68. The Morgan fingerprint density at radius 2 is 2.04 bits per heavy atom. The molecule has 0 fully saturated rings. The summed E-state index contributed by atoms with van der Waals surface area (Å²) >= 11 is 6.01. The number of hydrogen-bond donors (Lipinski definition) is 1. The molecule has 1 heterocycles. The summed E-state index contributed by atoms with van der Waals surface area (Å²) in [5.41, 5.74) is 6.36. The van der Waals surface area contributed by atoms with Crippen molar-refractivity contribution in [1.82, 2.24) is 9.78 Å². The molecule has 132 valence electrons. The lowest BCUT2D eigenvalue weighted by molar-refractivity contribution is -0.137. The number of nitrogen functional groups attached to an aromatic ring is 1. The average Bonchev–Trinajstić information content (AvgIpc) is 2.62. The van der Waals surface area contributed by atoms with Gasteiger partial charge in [0.2, 0.25) is 0 Å². The van der Waals surface area contributed by atoms with Crippen LogP contribution >= 0.6 is 11.6 Å². The predicted octanol–water partition coefficient (Wildman–Crippen LogP) is 2.11. The van der Waals surface area contributed by atoms with E-state index in [0.717, 1.165) is 5.56 Å². The van der Waals surface area contributed by atoms with Gasteiger partial charge in [-0.25, -0.2) is 9.48 Å². The highest BCUT2D eigenvalue weighted by Crippen LogP contribution is 2.19. The van der Waals surface area contributed by atoms with Gasteiger partial charge in [-0.05, 0) is 30.7 Å². The van der Waals surface area contributed by atoms with Crippen molar-refractivity contribution in [2.24, 2.45) is 0 Å². The van der Waals surface area contributed by atoms with Crippen LogP contribution in [0.2, 0.25) is 5.02 Å². The van der Waals surface area contributed by atoms with Crippen molar-refractivity contribution in [2.75, 3.05) is 19.5 Å². The lowest BCUT2D eigenvalue weighted by atomic mass is 10.2. The summed E-state index contributed by atoms with van der Waals surface area (Å²) in [6, 6.07) is 7.18. The molecule has 0 atom stereocenters. The van der Waals surface area contributed by atoms with Crippen LogP contribution in [0.4, 0.5) is 5.69 Å². The fraction of sp³-hybridized carbons (Fsp3) is 0.235. The monoisotopic (exact) mass is 363 g/mol. The minimum Gasteiger partial charge on any atom is -0.497 e. The molecule has 0 saturated carbocycles. The molecule has 7 nitrogen and oxygen atoms in total. The Balaban J connectivity index is 2.34. The maximum absolute atomic E-state index is 12.3. The summed E-state index contributed by atoms with van der Waals surface area (Å²) in [5.74, 6) is 0.171. The van der Waals surface area contributed by atoms with Gasteiger partial charge in [0.15, 0.2) is 0 Å². The molecular weight excluding hydrogens is 346 g/mol. The van der Waals surface area contributed by atoms with Crippen molar-refractivity contribution in [1.29, 1.82) is 0 Å². The second kappa shape index (κ2) is 8.34. The summed E-state index contributed by atoms with van der Waals surface area (Å²) in [7, 11) is 1.57. The predicted molar refractivity (Wildman–Crippen MR) is 95.7 cm³/mol. The lowest BCUT2D eigenvalue weighted by Gasteiger charge is -2.10.